The van der Waals surface area contributed by atoms with Gasteiger partial charge in [0, 0.05) is 24.5 Å². The van der Waals surface area contributed by atoms with Crippen LogP contribution in [0, 0.1) is 11.6 Å². The first-order valence-corrected chi connectivity index (χ1v) is 8.38. The van der Waals surface area contributed by atoms with Gasteiger partial charge in [0.05, 0.1) is 13.2 Å². The zero-order valence-electron chi connectivity index (χ0n) is 14.4. The van der Waals surface area contributed by atoms with E-state index in [0.29, 0.717) is 18.9 Å². The molecule has 0 bridgehead atoms. The summed E-state index contributed by atoms with van der Waals surface area (Å²) in [5.74, 6) is -3.93. The molecule has 0 atom stereocenters. The SMILES string of the molecule is O=C(COC(=O)c1c(F)cccc1F)Nc1ccc(N2CCOCC2)cc1. The summed E-state index contributed by atoms with van der Waals surface area (Å²) in [6, 6.07) is 10.2. The maximum Gasteiger partial charge on any atom is 0.344 e. The normalized spacial score (nSPS) is 13.9. The van der Waals surface area contributed by atoms with Gasteiger partial charge in [0.1, 0.15) is 17.2 Å². The highest BCUT2D eigenvalue weighted by atomic mass is 19.1. The van der Waals surface area contributed by atoms with Crippen LogP contribution in [0.5, 0.6) is 0 Å². The Balaban J connectivity index is 1.52. The lowest BCUT2D eigenvalue weighted by atomic mass is 10.2. The van der Waals surface area contributed by atoms with E-state index < -0.39 is 35.7 Å². The number of rotatable bonds is 5. The van der Waals surface area contributed by atoms with Gasteiger partial charge in [-0.25, -0.2) is 13.6 Å². The van der Waals surface area contributed by atoms with Crippen molar-refractivity contribution in [2.45, 2.75) is 0 Å². The van der Waals surface area contributed by atoms with Gasteiger partial charge in [-0.2, -0.15) is 0 Å². The maximum absolute atomic E-state index is 13.5. The predicted octanol–water partition coefficient (Wildman–Crippen LogP) is 2.60. The molecule has 0 saturated carbocycles. The number of esters is 1. The molecular formula is C19H18F2N2O4. The Kier molecular flexibility index (Phi) is 5.97. The lowest BCUT2D eigenvalue weighted by Gasteiger charge is -2.28. The Labute approximate surface area is 154 Å². The first kappa shape index (κ1) is 18.8. The molecule has 27 heavy (non-hydrogen) atoms. The van der Waals surface area contributed by atoms with Gasteiger partial charge >= 0.3 is 5.97 Å². The van der Waals surface area contributed by atoms with Gasteiger partial charge in [-0.15, -0.1) is 0 Å². The molecule has 1 fully saturated rings. The predicted molar refractivity (Wildman–Crippen MR) is 94.7 cm³/mol. The number of hydrogen-bond acceptors (Lipinski definition) is 5. The van der Waals surface area contributed by atoms with Crippen LogP contribution < -0.4 is 10.2 Å². The van der Waals surface area contributed by atoms with Crippen LogP contribution in [0.4, 0.5) is 20.2 Å². The van der Waals surface area contributed by atoms with Crippen LogP contribution in [0.25, 0.3) is 0 Å². The lowest BCUT2D eigenvalue weighted by molar-refractivity contribution is -0.119. The van der Waals surface area contributed by atoms with E-state index in [9.17, 15) is 18.4 Å². The fourth-order valence-electron chi connectivity index (χ4n) is 2.67. The Hall–Kier alpha value is -3.00. The van der Waals surface area contributed by atoms with Crippen LogP contribution in [-0.2, 0) is 14.3 Å². The van der Waals surface area contributed by atoms with Gasteiger partial charge in [-0.1, -0.05) is 6.07 Å². The third kappa shape index (κ3) is 4.79. The van der Waals surface area contributed by atoms with E-state index in [1.807, 2.05) is 12.1 Å². The number of hydrogen-bond donors (Lipinski definition) is 1. The topological polar surface area (TPSA) is 67.9 Å². The number of carbonyl (C=O) groups is 2. The summed E-state index contributed by atoms with van der Waals surface area (Å²) in [5, 5.41) is 2.56. The molecule has 0 spiro atoms. The summed E-state index contributed by atoms with van der Waals surface area (Å²) < 4.78 is 37.0. The molecule has 3 rings (SSSR count). The highest BCUT2D eigenvalue weighted by Crippen LogP contribution is 2.19. The molecule has 1 heterocycles. The zero-order valence-corrected chi connectivity index (χ0v) is 14.4. The number of ether oxygens (including phenoxy) is 2. The van der Waals surface area contributed by atoms with Crippen molar-refractivity contribution in [3.63, 3.8) is 0 Å². The number of benzene rings is 2. The molecule has 2 aromatic carbocycles. The van der Waals surface area contributed by atoms with Crippen LogP contribution in [0.2, 0.25) is 0 Å². The minimum atomic E-state index is -1.23. The summed E-state index contributed by atoms with van der Waals surface area (Å²) in [5.41, 5.74) is 0.711. The fourth-order valence-corrected chi connectivity index (χ4v) is 2.67. The smallest absolute Gasteiger partial charge is 0.344 e. The van der Waals surface area contributed by atoms with E-state index in [4.69, 9.17) is 4.74 Å². The van der Waals surface area contributed by atoms with E-state index in [1.54, 1.807) is 12.1 Å². The highest BCUT2D eigenvalue weighted by molar-refractivity contribution is 5.95. The zero-order chi connectivity index (χ0) is 19.2. The number of nitrogens with one attached hydrogen (secondary N) is 1. The van der Waals surface area contributed by atoms with Gasteiger partial charge in [0.2, 0.25) is 0 Å². The molecule has 142 valence electrons. The number of anilines is 2. The van der Waals surface area contributed by atoms with Gasteiger partial charge in [-0.3, -0.25) is 4.79 Å². The first-order chi connectivity index (χ1) is 13.0. The summed E-state index contributed by atoms with van der Waals surface area (Å²) in [7, 11) is 0. The fraction of sp³-hybridized carbons (Fsp3) is 0.263. The third-order valence-corrected chi connectivity index (χ3v) is 4.03. The summed E-state index contributed by atoms with van der Waals surface area (Å²) in [6.45, 7) is 2.29. The first-order valence-electron chi connectivity index (χ1n) is 8.38. The number of morpholine rings is 1. The molecular weight excluding hydrogens is 358 g/mol. The van der Waals surface area contributed by atoms with E-state index in [2.05, 4.69) is 15.0 Å². The number of halogens is 2. The van der Waals surface area contributed by atoms with E-state index >= 15 is 0 Å². The van der Waals surface area contributed by atoms with Crippen molar-refractivity contribution in [2.75, 3.05) is 43.1 Å². The van der Waals surface area contributed by atoms with E-state index in [0.717, 1.165) is 37.0 Å². The van der Waals surface area contributed by atoms with Gasteiger partial charge in [-0.05, 0) is 36.4 Å². The largest absolute Gasteiger partial charge is 0.452 e. The van der Waals surface area contributed by atoms with Crippen LogP contribution in [0.15, 0.2) is 42.5 Å². The van der Waals surface area contributed by atoms with Crippen molar-refractivity contribution in [2.24, 2.45) is 0 Å². The standard InChI is InChI=1S/C19H18F2N2O4/c20-15-2-1-3-16(21)18(15)19(25)27-12-17(24)22-13-4-6-14(7-5-13)23-8-10-26-11-9-23/h1-7H,8-12H2,(H,22,24). The van der Waals surface area contributed by atoms with Crippen LogP contribution in [0.3, 0.4) is 0 Å². The molecule has 2 aromatic rings. The van der Waals surface area contributed by atoms with Gasteiger partial charge < -0.3 is 19.7 Å². The molecule has 1 amide bonds. The molecule has 6 nitrogen and oxygen atoms in total. The highest BCUT2D eigenvalue weighted by Gasteiger charge is 2.19. The molecule has 1 aliphatic heterocycles. The third-order valence-electron chi connectivity index (χ3n) is 4.03. The molecule has 0 aromatic heterocycles. The minimum absolute atomic E-state index is 0.519. The quantitative estimate of drug-likeness (QED) is 0.813. The lowest BCUT2D eigenvalue weighted by Crippen LogP contribution is -2.36. The molecule has 0 radical (unpaired) electrons. The molecule has 1 saturated heterocycles. The maximum atomic E-state index is 13.5. The molecule has 0 unspecified atom stereocenters. The summed E-state index contributed by atoms with van der Waals surface area (Å²) in [4.78, 5) is 25.8. The van der Waals surface area contributed by atoms with Crippen molar-refractivity contribution in [1.82, 2.24) is 0 Å². The Morgan fingerprint density at radius 3 is 2.30 bits per heavy atom. The molecule has 0 aliphatic carbocycles. The summed E-state index contributed by atoms with van der Waals surface area (Å²) in [6.07, 6.45) is 0. The van der Waals surface area contributed by atoms with Crippen LogP contribution >= 0.6 is 0 Å². The number of nitrogens with zero attached hydrogens (tertiary/aromatic N) is 1. The van der Waals surface area contributed by atoms with Crippen molar-refractivity contribution < 1.29 is 27.8 Å². The average molecular weight is 376 g/mol. The molecule has 1 aliphatic rings. The van der Waals surface area contributed by atoms with Crippen molar-refractivity contribution in [3.8, 4) is 0 Å². The number of carbonyl (C=O) groups excluding carboxylic acids is 2. The van der Waals surface area contributed by atoms with Crippen LogP contribution in [0.1, 0.15) is 10.4 Å². The van der Waals surface area contributed by atoms with Crippen molar-refractivity contribution in [3.05, 3.63) is 59.7 Å². The number of amides is 1. The second kappa shape index (κ2) is 8.59. The van der Waals surface area contributed by atoms with Crippen molar-refractivity contribution in [1.29, 1.82) is 0 Å². The second-order valence-corrected chi connectivity index (χ2v) is 5.87. The van der Waals surface area contributed by atoms with Crippen LogP contribution in [-0.4, -0.2) is 44.8 Å². The monoisotopic (exact) mass is 376 g/mol. The van der Waals surface area contributed by atoms with E-state index in [1.165, 1.54) is 0 Å². The Morgan fingerprint density at radius 2 is 1.67 bits per heavy atom. The second-order valence-electron chi connectivity index (χ2n) is 5.87. The van der Waals surface area contributed by atoms with E-state index in [-0.39, 0.29) is 0 Å². The molecule has 1 N–H and O–H groups in total. The van der Waals surface area contributed by atoms with Gasteiger partial charge in [0.15, 0.2) is 6.61 Å². The Bertz CT molecular complexity index is 801. The van der Waals surface area contributed by atoms with Gasteiger partial charge in [0.25, 0.3) is 5.91 Å². The Morgan fingerprint density at radius 1 is 1.04 bits per heavy atom. The average Bonchev–Trinajstić information content (AvgIpc) is 2.67. The molecule has 8 heteroatoms. The van der Waals surface area contributed by atoms with Crippen molar-refractivity contribution >= 4 is 23.3 Å². The minimum Gasteiger partial charge on any atom is -0.452 e. The summed E-state index contributed by atoms with van der Waals surface area (Å²) >= 11 is 0.